The first-order chi connectivity index (χ1) is 9.35. The Morgan fingerprint density at radius 1 is 1.47 bits per heavy atom. The van der Waals surface area contributed by atoms with E-state index in [1.807, 2.05) is 11.8 Å². The minimum absolute atomic E-state index is 0.548. The summed E-state index contributed by atoms with van der Waals surface area (Å²) in [5.41, 5.74) is 0. The zero-order valence-electron chi connectivity index (χ0n) is 11.4. The summed E-state index contributed by atoms with van der Waals surface area (Å²) in [6, 6.07) is 0.643. The van der Waals surface area contributed by atoms with Crippen LogP contribution in [0.15, 0.2) is 15.6 Å². The van der Waals surface area contributed by atoms with Crippen LogP contribution in [0.2, 0.25) is 0 Å². The number of nitrogens with one attached hydrogen (secondary N) is 1. The third-order valence-electron chi connectivity index (χ3n) is 3.96. The van der Waals surface area contributed by atoms with Crippen LogP contribution in [0, 0.1) is 5.92 Å². The second-order valence-corrected chi connectivity index (χ2v) is 6.31. The summed E-state index contributed by atoms with van der Waals surface area (Å²) in [6.45, 7) is 2.62. The van der Waals surface area contributed by atoms with Crippen molar-refractivity contribution in [1.82, 2.24) is 10.3 Å². The molecule has 19 heavy (non-hydrogen) atoms. The number of amidine groups is 1. The third-order valence-corrected chi connectivity index (χ3v) is 5.08. The first-order valence-corrected chi connectivity index (χ1v) is 8.21. The zero-order valence-corrected chi connectivity index (χ0v) is 12.2. The summed E-state index contributed by atoms with van der Waals surface area (Å²) < 4.78 is 5.58. The topological polar surface area (TPSA) is 50.4 Å². The fraction of sp³-hybridized carbons (Fsp3) is 0.714. The third kappa shape index (κ3) is 3.14. The van der Waals surface area contributed by atoms with Gasteiger partial charge in [-0.25, -0.2) is 4.98 Å². The van der Waals surface area contributed by atoms with E-state index in [-0.39, 0.29) is 0 Å². The van der Waals surface area contributed by atoms with Gasteiger partial charge >= 0.3 is 0 Å². The molecule has 1 aromatic rings. The van der Waals surface area contributed by atoms with E-state index in [1.165, 1.54) is 31.4 Å². The molecule has 2 heterocycles. The molecule has 4 nitrogen and oxygen atoms in total. The van der Waals surface area contributed by atoms with Gasteiger partial charge in [0.2, 0.25) is 5.89 Å². The number of aromatic nitrogens is 1. The molecule has 2 fully saturated rings. The summed E-state index contributed by atoms with van der Waals surface area (Å²) in [7, 11) is 0. The predicted molar refractivity (Wildman–Crippen MR) is 78.4 cm³/mol. The van der Waals surface area contributed by atoms with Crippen molar-refractivity contribution in [1.29, 1.82) is 0 Å². The maximum atomic E-state index is 5.58. The lowest BCUT2D eigenvalue weighted by molar-refractivity contribution is 0.311. The molecule has 0 aromatic carbocycles. The number of aliphatic imine (C=N–C) groups is 1. The highest BCUT2D eigenvalue weighted by atomic mass is 32.2. The van der Waals surface area contributed by atoms with Crippen molar-refractivity contribution in [3.05, 3.63) is 17.8 Å². The van der Waals surface area contributed by atoms with Crippen molar-refractivity contribution in [2.24, 2.45) is 10.9 Å². The second kappa shape index (κ2) is 5.99. The van der Waals surface area contributed by atoms with Gasteiger partial charge in [0.05, 0.1) is 6.20 Å². The van der Waals surface area contributed by atoms with E-state index in [1.54, 1.807) is 6.20 Å². The standard InChI is InChI=1S/C14H21N3OS/c1-2-11-7-15-13(18-11)8-16-14-17-12-6-4-3-5-10(12)9-19-14/h7,10,12H,2-6,8-9H2,1H3,(H,16,17). The van der Waals surface area contributed by atoms with Crippen LogP contribution in [0.3, 0.4) is 0 Å². The van der Waals surface area contributed by atoms with Gasteiger partial charge in [-0.1, -0.05) is 31.5 Å². The van der Waals surface area contributed by atoms with Gasteiger partial charge < -0.3 is 9.73 Å². The van der Waals surface area contributed by atoms with Crippen molar-refractivity contribution < 1.29 is 4.42 Å². The van der Waals surface area contributed by atoms with Gasteiger partial charge in [0.1, 0.15) is 12.3 Å². The van der Waals surface area contributed by atoms with E-state index in [0.717, 1.165) is 29.2 Å². The lowest BCUT2D eigenvalue weighted by Crippen LogP contribution is -2.46. The van der Waals surface area contributed by atoms with Crippen molar-refractivity contribution in [3.63, 3.8) is 0 Å². The summed E-state index contributed by atoms with van der Waals surface area (Å²) in [6.07, 6.45) is 8.10. The fourth-order valence-corrected chi connectivity index (χ4v) is 3.96. The van der Waals surface area contributed by atoms with Crippen molar-refractivity contribution in [2.75, 3.05) is 5.75 Å². The normalized spacial score (nSPS) is 29.0. The van der Waals surface area contributed by atoms with Gasteiger partial charge in [0.25, 0.3) is 0 Å². The molecular weight excluding hydrogens is 258 g/mol. The molecule has 2 unspecified atom stereocenters. The van der Waals surface area contributed by atoms with E-state index < -0.39 is 0 Å². The van der Waals surface area contributed by atoms with E-state index in [4.69, 9.17) is 4.42 Å². The van der Waals surface area contributed by atoms with E-state index in [9.17, 15) is 0 Å². The van der Waals surface area contributed by atoms with Crippen LogP contribution in [-0.4, -0.2) is 21.9 Å². The Morgan fingerprint density at radius 3 is 3.21 bits per heavy atom. The van der Waals surface area contributed by atoms with Crippen LogP contribution >= 0.6 is 11.8 Å². The highest BCUT2D eigenvalue weighted by Gasteiger charge is 2.30. The molecule has 0 amide bonds. The van der Waals surface area contributed by atoms with Crippen molar-refractivity contribution in [3.8, 4) is 0 Å². The number of rotatable bonds is 3. The Labute approximate surface area is 118 Å². The smallest absolute Gasteiger partial charge is 0.216 e. The van der Waals surface area contributed by atoms with Crippen molar-refractivity contribution >= 4 is 16.9 Å². The highest BCUT2D eigenvalue weighted by molar-refractivity contribution is 8.13. The molecule has 1 saturated carbocycles. The van der Waals surface area contributed by atoms with Gasteiger partial charge in [-0.05, 0) is 18.8 Å². The average Bonchev–Trinajstić information content (AvgIpc) is 2.93. The molecule has 1 aliphatic heterocycles. The van der Waals surface area contributed by atoms with Crippen LogP contribution in [0.4, 0.5) is 0 Å². The summed E-state index contributed by atoms with van der Waals surface area (Å²) in [5, 5.41) is 4.66. The molecule has 0 radical (unpaired) electrons. The molecular formula is C14H21N3OS. The number of aryl methyl sites for hydroxylation is 1. The quantitative estimate of drug-likeness (QED) is 0.924. The SMILES string of the molecule is CCc1cnc(CN=C2NC3CCCCC3CS2)o1. The average molecular weight is 279 g/mol. The second-order valence-electron chi connectivity index (χ2n) is 5.30. The molecule has 3 rings (SSSR count). The number of thioether (sulfide) groups is 1. The fourth-order valence-electron chi connectivity index (χ4n) is 2.80. The van der Waals surface area contributed by atoms with Crippen LogP contribution < -0.4 is 5.32 Å². The molecule has 0 bridgehead atoms. The number of fused-ring (bicyclic) bond motifs is 1. The number of hydrogen-bond acceptors (Lipinski definition) is 4. The van der Waals surface area contributed by atoms with Crippen LogP contribution in [0.5, 0.6) is 0 Å². The molecule has 1 N–H and O–H groups in total. The highest BCUT2D eigenvalue weighted by Crippen LogP contribution is 2.31. The minimum Gasteiger partial charge on any atom is -0.444 e. The predicted octanol–water partition coefficient (Wildman–Crippen LogP) is 2.99. The summed E-state index contributed by atoms with van der Waals surface area (Å²) >= 11 is 1.85. The molecule has 2 atom stereocenters. The number of nitrogens with zero attached hydrogens (tertiary/aromatic N) is 2. The summed E-state index contributed by atoms with van der Waals surface area (Å²) in [5.74, 6) is 3.71. The van der Waals surface area contributed by atoms with Crippen LogP contribution in [0.1, 0.15) is 44.3 Å². The first kappa shape index (κ1) is 13.0. The summed E-state index contributed by atoms with van der Waals surface area (Å²) in [4.78, 5) is 8.85. The maximum Gasteiger partial charge on any atom is 0.216 e. The Morgan fingerprint density at radius 2 is 2.37 bits per heavy atom. The van der Waals surface area contributed by atoms with Gasteiger partial charge in [-0.15, -0.1) is 0 Å². The Kier molecular flexibility index (Phi) is 4.11. The van der Waals surface area contributed by atoms with Crippen LogP contribution in [-0.2, 0) is 13.0 Å². The molecule has 104 valence electrons. The number of hydrogen-bond donors (Lipinski definition) is 1. The molecule has 1 aliphatic carbocycles. The molecule has 1 saturated heterocycles. The monoisotopic (exact) mass is 279 g/mol. The van der Waals surface area contributed by atoms with E-state index in [2.05, 4.69) is 22.2 Å². The molecule has 2 aliphatic rings. The number of oxazole rings is 1. The van der Waals surface area contributed by atoms with E-state index in [0.29, 0.717) is 12.6 Å². The van der Waals surface area contributed by atoms with Gasteiger partial charge in [-0.3, -0.25) is 4.99 Å². The Balaban J connectivity index is 1.58. The lowest BCUT2D eigenvalue weighted by atomic mass is 9.86. The molecule has 5 heteroatoms. The Hall–Kier alpha value is -0.970. The van der Waals surface area contributed by atoms with Crippen molar-refractivity contribution in [2.45, 2.75) is 51.6 Å². The van der Waals surface area contributed by atoms with E-state index >= 15 is 0 Å². The van der Waals surface area contributed by atoms with Gasteiger partial charge in [-0.2, -0.15) is 0 Å². The Bertz CT molecular complexity index is 457. The van der Waals surface area contributed by atoms with Crippen LogP contribution in [0.25, 0.3) is 0 Å². The maximum absolute atomic E-state index is 5.58. The zero-order chi connectivity index (χ0) is 13.1. The molecule has 1 aromatic heterocycles. The van der Waals surface area contributed by atoms with Gasteiger partial charge in [0.15, 0.2) is 5.17 Å². The largest absolute Gasteiger partial charge is 0.444 e. The lowest BCUT2D eigenvalue weighted by Gasteiger charge is -2.36. The minimum atomic E-state index is 0.548. The van der Waals surface area contributed by atoms with Gasteiger partial charge in [0, 0.05) is 18.2 Å². The first-order valence-electron chi connectivity index (χ1n) is 7.22. The molecule has 0 spiro atoms.